The molecule has 80 valence electrons. The average molecular weight is 223 g/mol. The molecule has 1 aliphatic heterocycles. The van der Waals surface area contributed by atoms with Crippen LogP contribution in [0.25, 0.3) is 5.57 Å². The Kier molecular flexibility index (Phi) is 3.08. The van der Waals surface area contributed by atoms with Crippen LogP contribution >= 0.6 is 11.6 Å². The molecule has 0 saturated carbocycles. The van der Waals surface area contributed by atoms with Gasteiger partial charge < -0.3 is 4.90 Å². The van der Waals surface area contributed by atoms with Gasteiger partial charge in [-0.05, 0) is 43.7 Å². The van der Waals surface area contributed by atoms with Gasteiger partial charge in [0.1, 0.15) is 5.15 Å². The summed E-state index contributed by atoms with van der Waals surface area (Å²) in [5, 5.41) is 0.588. The Morgan fingerprint density at radius 2 is 2.20 bits per heavy atom. The minimum atomic E-state index is 0.588. The zero-order chi connectivity index (χ0) is 10.8. The van der Waals surface area contributed by atoms with Gasteiger partial charge in [-0.3, -0.25) is 0 Å². The van der Waals surface area contributed by atoms with Crippen molar-refractivity contribution in [1.29, 1.82) is 0 Å². The number of likely N-dealkylation sites (N-methyl/N-ethyl adjacent to an activating group) is 1. The van der Waals surface area contributed by atoms with Crippen molar-refractivity contribution in [3.63, 3.8) is 0 Å². The summed E-state index contributed by atoms with van der Waals surface area (Å²) in [7, 11) is 2.13. The van der Waals surface area contributed by atoms with E-state index in [1.807, 2.05) is 13.0 Å². The number of nitrogens with zero attached hydrogens (tertiary/aromatic N) is 2. The lowest BCUT2D eigenvalue weighted by atomic mass is 10.0. The third-order valence-corrected chi connectivity index (χ3v) is 2.87. The number of halogens is 1. The number of rotatable bonds is 1. The van der Waals surface area contributed by atoms with Crippen LogP contribution in [0.4, 0.5) is 0 Å². The number of aromatic nitrogens is 1. The summed E-state index contributed by atoms with van der Waals surface area (Å²) in [6, 6.07) is 3.99. The van der Waals surface area contributed by atoms with Crippen LogP contribution in [0.3, 0.4) is 0 Å². The van der Waals surface area contributed by atoms with E-state index in [0.29, 0.717) is 5.15 Å². The predicted molar refractivity (Wildman–Crippen MR) is 64.1 cm³/mol. The molecule has 0 atom stereocenters. The highest BCUT2D eigenvalue weighted by Crippen LogP contribution is 2.22. The molecule has 0 saturated heterocycles. The first kappa shape index (κ1) is 10.7. The summed E-state index contributed by atoms with van der Waals surface area (Å²) in [6.07, 6.45) is 3.30. The minimum absolute atomic E-state index is 0.588. The molecule has 3 heteroatoms. The van der Waals surface area contributed by atoms with Crippen molar-refractivity contribution in [3.8, 4) is 0 Å². The molecule has 0 amide bonds. The molecule has 2 heterocycles. The normalized spacial score (nSPS) is 17.7. The molecule has 0 aliphatic carbocycles. The number of hydrogen-bond donors (Lipinski definition) is 0. The van der Waals surface area contributed by atoms with Crippen LogP contribution in [0.1, 0.15) is 17.7 Å². The van der Waals surface area contributed by atoms with E-state index in [4.69, 9.17) is 11.6 Å². The largest absolute Gasteiger partial charge is 0.302 e. The molecular formula is C12H15ClN2. The van der Waals surface area contributed by atoms with Crippen LogP contribution in [-0.4, -0.2) is 30.0 Å². The molecule has 1 aromatic heterocycles. The van der Waals surface area contributed by atoms with E-state index in [1.165, 1.54) is 11.1 Å². The average Bonchev–Trinajstić information content (AvgIpc) is 2.17. The van der Waals surface area contributed by atoms with Crippen LogP contribution in [0.15, 0.2) is 18.2 Å². The van der Waals surface area contributed by atoms with Gasteiger partial charge in [0.25, 0.3) is 0 Å². The van der Waals surface area contributed by atoms with Gasteiger partial charge >= 0.3 is 0 Å². The fraction of sp³-hybridized carbons (Fsp3) is 0.417. The van der Waals surface area contributed by atoms with Crippen molar-refractivity contribution in [2.75, 3.05) is 20.1 Å². The number of pyridine rings is 1. The van der Waals surface area contributed by atoms with Crippen molar-refractivity contribution in [2.45, 2.75) is 13.3 Å². The lowest BCUT2D eigenvalue weighted by molar-refractivity contribution is 0.369. The van der Waals surface area contributed by atoms with Gasteiger partial charge in [-0.25, -0.2) is 4.98 Å². The Morgan fingerprint density at radius 3 is 2.80 bits per heavy atom. The Morgan fingerprint density at radius 1 is 1.40 bits per heavy atom. The second-order valence-electron chi connectivity index (χ2n) is 4.09. The maximum atomic E-state index is 5.95. The first-order chi connectivity index (χ1) is 7.15. The lowest BCUT2D eigenvalue weighted by Crippen LogP contribution is -2.23. The first-order valence-corrected chi connectivity index (χ1v) is 5.55. The van der Waals surface area contributed by atoms with Crippen LogP contribution in [0.5, 0.6) is 0 Å². The first-order valence-electron chi connectivity index (χ1n) is 5.17. The van der Waals surface area contributed by atoms with Crippen LogP contribution < -0.4 is 0 Å². The van der Waals surface area contributed by atoms with Crippen molar-refractivity contribution in [2.24, 2.45) is 0 Å². The standard InChI is InChI=1S/C12H15ClN2/c1-9-7-11(14-12(13)8-9)10-3-5-15(2)6-4-10/h3,7-8H,4-6H2,1-2H3. The Labute approximate surface area is 95.6 Å². The SMILES string of the molecule is Cc1cc(Cl)nc(C2=CCN(C)CC2)c1. The quantitative estimate of drug-likeness (QED) is 0.680. The van der Waals surface area contributed by atoms with Crippen LogP contribution in [0.2, 0.25) is 5.15 Å². The molecule has 0 unspecified atom stereocenters. The van der Waals surface area contributed by atoms with Gasteiger partial charge in [-0.1, -0.05) is 17.7 Å². The van der Waals surface area contributed by atoms with Gasteiger partial charge in [0.15, 0.2) is 0 Å². The number of hydrogen-bond acceptors (Lipinski definition) is 2. The molecule has 0 bridgehead atoms. The van der Waals surface area contributed by atoms with E-state index in [9.17, 15) is 0 Å². The van der Waals surface area contributed by atoms with Gasteiger partial charge in [0, 0.05) is 13.1 Å². The third kappa shape index (κ3) is 2.58. The summed E-state index contributed by atoms with van der Waals surface area (Å²) in [4.78, 5) is 6.65. The third-order valence-electron chi connectivity index (χ3n) is 2.68. The zero-order valence-corrected chi connectivity index (χ0v) is 9.88. The molecule has 2 nitrogen and oxygen atoms in total. The predicted octanol–water partition coefficient (Wildman–Crippen LogP) is 2.76. The molecule has 2 rings (SSSR count). The van der Waals surface area contributed by atoms with Crippen molar-refractivity contribution >= 4 is 17.2 Å². The van der Waals surface area contributed by atoms with Gasteiger partial charge in [0.2, 0.25) is 0 Å². The van der Waals surface area contributed by atoms with Crippen molar-refractivity contribution in [3.05, 3.63) is 34.6 Å². The maximum Gasteiger partial charge on any atom is 0.130 e. The van der Waals surface area contributed by atoms with E-state index in [0.717, 1.165) is 25.2 Å². The van der Waals surface area contributed by atoms with Crippen molar-refractivity contribution < 1.29 is 0 Å². The van der Waals surface area contributed by atoms with Crippen LogP contribution in [0, 0.1) is 6.92 Å². The van der Waals surface area contributed by atoms with Gasteiger partial charge in [0.05, 0.1) is 5.69 Å². The van der Waals surface area contributed by atoms with E-state index < -0.39 is 0 Å². The monoisotopic (exact) mass is 222 g/mol. The van der Waals surface area contributed by atoms with Crippen molar-refractivity contribution in [1.82, 2.24) is 9.88 Å². The minimum Gasteiger partial charge on any atom is -0.302 e. The highest BCUT2D eigenvalue weighted by molar-refractivity contribution is 6.29. The summed E-state index contributed by atoms with van der Waals surface area (Å²) in [5.41, 5.74) is 3.52. The van der Waals surface area contributed by atoms with E-state index in [1.54, 1.807) is 0 Å². The van der Waals surface area contributed by atoms with Gasteiger partial charge in [-0.2, -0.15) is 0 Å². The Bertz CT molecular complexity index is 378. The molecule has 0 N–H and O–H groups in total. The second kappa shape index (κ2) is 4.33. The molecule has 0 spiro atoms. The Hall–Kier alpha value is -0.860. The van der Waals surface area contributed by atoms with E-state index in [2.05, 4.69) is 29.1 Å². The highest BCUT2D eigenvalue weighted by Gasteiger charge is 2.11. The van der Waals surface area contributed by atoms with Crippen LogP contribution in [-0.2, 0) is 0 Å². The molecule has 0 fully saturated rings. The zero-order valence-electron chi connectivity index (χ0n) is 9.13. The maximum absolute atomic E-state index is 5.95. The smallest absolute Gasteiger partial charge is 0.130 e. The summed E-state index contributed by atoms with van der Waals surface area (Å²) in [6.45, 7) is 4.15. The molecule has 1 aliphatic rings. The summed E-state index contributed by atoms with van der Waals surface area (Å²) in [5.74, 6) is 0. The molecular weight excluding hydrogens is 208 g/mol. The molecule has 15 heavy (non-hydrogen) atoms. The number of aryl methyl sites for hydroxylation is 1. The summed E-state index contributed by atoms with van der Waals surface area (Å²) < 4.78 is 0. The lowest BCUT2D eigenvalue weighted by Gasteiger charge is -2.21. The molecule has 0 radical (unpaired) electrons. The Balaban J connectivity index is 2.29. The van der Waals surface area contributed by atoms with Gasteiger partial charge in [-0.15, -0.1) is 0 Å². The molecule has 1 aromatic rings. The van der Waals surface area contributed by atoms with E-state index in [-0.39, 0.29) is 0 Å². The second-order valence-corrected chi connectivity index (χ2v) is 4.48. The van der Waals surface area contributed by atoms with E-state index >= 15 is 0 Å². The highest BCUT2D eigenvalue weighted by atomic mass is 35.5. The fourth-order valence-corrected chi connectivity index (χ4v) is 2.06. The fourth-order valence-electron chi connectivity index (χ4n) is 1.79. The summed E-state index contributed by atoms with van der Waals surface area (Å²) >= 11 is 5.95. The molecule has 0 aromatic carbocycles. The topological polar surface area (TPSA) is 16.1 Å².